The SMILES string of the molecule is Cc1ccc(C(=O)c2ccc(C(C)c3ccc(N)cc3F)[nH]2)cc1. The summed E-state index contributed by atoms with van der Waals surface area (Å²) in [5.74, 6) is -0.625. The van der Waals surface area contributed by atoms with Gasteiger partial charge in [-0.05, 0) is 36.8 Å². The summed E-state index contributed by atoms with van der Waals surface area (Å²) in [5.41, 5.74) is 9.54. The van der Waals surface area contributed by atoms with Crippen LogP contribution in [0.2, 0.25) is 0 Å². The van der Waals surface area contributed by atoms with Gasteiger partial charge in [0.2, 0.25) is 5.78 Å². The zero-order valence-electron chi connectivity index (χ0n) is 13.6. The van der Waals surface area contributed by atoms with Crippen molar-refractivity contribution >= 4 is 11.5 Å². The monoisotopic (exact) mass is 322 g/mol. The highest BCUT2D eigenvalue weighted by Crippen LogP contribution is 2.27. The summed E-state index contributed by atoms with van der Waals surface area (Å²) in [5, 5.41) is 0. The first kappa shape index (κ1) is 16.0. The molecule has 2 aromatic carbocycles. The Labute approximate surface area is 140 Å². The number of aromatic amines is 1. The quantitative estimate of drug-likeness (QED) is 0.551. The summed E-state index contributed by atoms with van der Waals surface area (Å²) in [6.45, 7) is 3.87. The molecule has 1 heterocycles. The number of nitrogens with two attached hydrogens (primary N) is 1. The highest BCUT2D eigenvalue weighted by Gasteiger charge is 2.17. The lowest BCUT2D eigenvalue weighted by Crippen LogP contribution is -2.04. The lowest BCUT2D eigenvalue weighted by atomic mass is 9.97. The second kappa shape index (κ2) is 6.32. The number of nitrogen functional groups attached to an aromatic ring is 1. The van der Waals surface area contributed by atoms with Gasteiger partial charge in [-0.1, -0.05) is 42.8 Å². The first-order valence-electron chi connectivity index (χ1n) is 7.81. The highest BCUT2D eigenvalue weighted by atomic mass is 19.1. The molecule has 3 N–H and O–H groups in total. The van der Waals surface area contributed by atoms with Gasteiger partial charge >= 0.3 is 0 Å². The minimum Gasteiger partial charge on any atom is -0.399 e. The fourth-order valence-corrected chi connectivity index (χ4v) is 2.72. The number of hydrogen-bond donors (Lipinski definition) is 2. The number of hydrogen-bond acceptors (Lipinski definition) is 2. The van der Waals surface area contributed by atoms with E-state index in [0.29, 0.717) is 22.5 Å². The molecule has 1 unspecified atom stereocenters. The molecule has 3 rings (SSSR count). The van der Waals surface area contributed by atoms with Gasteiger partial charge in [-0.25, -0.2) is 4.39 Å². The van der Waals surface area contributed by atoms with Gasteiger partial charge in [0.1, 0.15) is 5.82 Å². The van der Waals surface area contributed by atoms with Gasteiger partial charge in [-0.2, -0.15) is 0 Å². The van der Waals surface area contributed by atoms with Crippen molar-refractivity contribution in [3.05, 3.63) is 88.5 Å². The third kappa shape index (κ3) is 3.08. The van der Waals surface area contributed by atoms with Crippen LogP contribution in [0, 0.1) is 12.7 Å². The maximum absolute atomic E-state index is 14.1. The van der Waals surface area contributed by atoms with Gasteiger partial charge in [0.25, 0.3) is 0 Å². The van der Waals surface area contributed by atoms with Gasteiger partial charge in [-0.3, -0.25) is 4.79 Å². The van der Waals surface area contributed by atoms with Crippen molar-refractivity contribution in [2.24, 2.45) is 0 Å². The Morgan fingerprint density at radius 3 is 2.46 bits per heavy atom. The molecule has 1 aromatic heterocycles. The molecule has 1 atom stereocenters. The number of anilines is 1. The molecule has 24 heavy (non-hydrogen) atoms. The molecular formula is C20H19FN2O. The summed E-state index contributed by atoms with van der Waals surface area (Å²) < 4.78 is 14.1. The number of carbonyl (C=O) groups excluding carboxylic acids is 1. The smallest absolute Gasteiger partial charge is 0.209 e. The number of aromatic nitrogens is 1. The largest absolute Gasteiger partial charge is 0.399 e. The summed E-state index contributed by atoms with van der Waals surface area (Å²) >= 11 is 0. The Balaban J connectivity index is 1.87. The Morgan fingerprint density at radius 1 is 1.08 bits per heavy atom. The molecule has 0 fully saturated rings. The van der Waals surface area contributed by atoms with Gasteiger partial charge in [0.15, 0.2) is 0 Å². The normalized spacial score (nSPS) is 12.1. The minimum absolute atomic E-state index is 0.0776. The molecule has 122 valence electrons. The molecule has 0 aliphatic heterocycles. The second-order valence-electron chi connectivity index (χ2n) is 6.03. The Hall–Kier alpha value is -2.88. The number of aryl methyl sites for hydroxylation is 1. The summed E-state index contributed by atoms with van der Waals surface area (Å²) in [4.78, 5) is 15.6. The molecular weight excluding hydrogens is 303 g/mol. The zero-order chi connectivity index (χ0) is 17.3. The predicted octanol–water partition coefficient (Wildman–Crippen LogP) is 4.43. The molecule has 4 heteroatoms. The highest BCUT2D eigenvalue weighted by molar-refractivity contribution is 6.07. The van der Waals surface area contributed by atoms with E-state index in [1.54, 1.807) is 30.3 Å². The summed E-state index contributed by atoms with van der Waals surface area (Å²) in [6, 6.07) is 15.7. The lowest BCUT2D eigenvalue weighted by molar-refractivity contribution is 0.103. The van der Waals surface area contributed by atoms with E-state index in [1.807, 2.05) is 32.0 Å². The van der Waals surface area contributed by atoms with E-state index < -0.39 is 0 Å². The summed E-state index contributed by atoms with van der Waals surface area (Å²) in [6.07, 6.45) is 0. The Morgan fingerprint density at radius 2 is 1.79 bits per heavy atom. The van der Waals surface area contributed by atoms with Crippen LogP contribution in [0.5, 0.6) is 0 Å². The van der Waals surface area contributed by atoms with Gasteiger partial charge < -0.3 is 10.7 Å². The third-order valence-electron chi connectivity index (χ3n) is 4.22. The van der Waals surface area contributed by atoms with Gasteiger partial charge in [-0.15, -0.1) is 0 Å². The number of H-pyrrole nitrogens is 1. The van der Waals surface area contributed by atoms with Crippen LogP contribution < -0.4 is 5.73 Å². The Bertz CT molecular complexity index is 881. The van der Waals surface area contributed by atoms with E-state index in [-0.39, 0.29) is 17.5 Å². The molecule has 0 saturated carbocycles. The standard InChI is InChI=1S/C20H19FN2O/c1-12-3-5-14(6-4-12)20(24)19-10-9-18(23-19)13(2)16-8-7-15(22)11-17(16)21/h3-11,13,23H,22H2,1-2H3. The Kier molecular flexibility index (Phi) is 4.21. The first-order chi connectivity index (χ1) is 11.5. The zero-order valence-corrected chi connectivity index (χ0v) is 13.6. The van der Waals surface area contributed by atoms with Crippen molar-refractivity contribution in [2.45, 2.75) is 19.8 Å². The van der Waals surface area contributed by atoms with Crippen molar-refractivity contribution in [1.82, 2.24) is 4.98 Å². The van der Waals surface area contributed by atoms with Crippen molar-refractivity contribution in [3.8, 4) is 0 Å². The predicted molar refractivity (Wildman–Crippen MR) is 93.7 cm³/mol. The van der Waals surface area contributed by atoms with E-state index in [9.17, 15) is 9.18 Å². The van der Waals surface area contributed by atoms with Crippen LogP contribution >= 0.6 is 0 Å². The van der Waals surface area contributed by atoms with Crippen LogP contribution in [0.3, 0.4) is 0 Å². The molecule has 3 aromatic rings. The van der Waals surface area contributed by atoms with Crippen molar-refractivity contribution < 1.29 is 9.18 Å². The number of carbonyl (C=O) groups is 1. The summed E-state index contributed by atoms with van der Waals surface area (Å²) in [7, 11) is 0. The fourth-order valence-electron chi connectivity index (χ4n) is 2.72. The van der Waals surface area contributed by atoms with Crippen LogP contribution in [0.4, 0.5) is 10.1 Å². The van der Waals surface area contributed by atoms with E-state index in [2.05, 4.69) is 4.98 Å². The van der Waals surface area contributed by atoms with E-state index in [1.165, 1.54) is 6.07 Å². The topological polar surface area (TPSA) is 58.9 Å². The van der Waals surface area contributed by atoms with Crippen LogP contribution in [0.1, 0.15) is 45.7 Å². The minimum atomic E-state index is -0.344. The molecule has 0 bridgehead atoms. The van der Waals surface area contributed by atoms with Crippen LogP contribution in [0.25, 0.3) is 0 Å². The van der Waals surface area contributed by atoms with Gasteiger partial charge in [0.05, 0.1) is 5.69 Å². The molecule has 0 spiro atoms. The van der Waals surface area contributed by atoms with Crippen molar-refractivity contribution in [3.63, 3.8) is 0 Å². The van der Waals surface area contributed by atoms with Crippen LogP contribution in [0.15, 0.2) is 54.6 Å². The average Bonchev–Trinajstić information content (AvgIpc) is 3.04. The number of halogens is 1. The van der Waals surface area contributed by atoms with Gasteiger partial charge in [0, 0.05) is 22.9 Å². The molecule has 0 aliphatic rings. The lowest BCUT2D eigenvalue weighted by Gasteiger charge is -2.12. The third-order valence-corrected chi connectivity index (χ3v) is 4.22. The number of benzene rings is 2. The van der Waals surface area contributed by atoms with Crippen molar-refractivity contribution in [2.75, 3.05) is 5.73 Å². The maximum atomic E-state index is 14.1. The molecule has 0 amide bonds. The number of ketones is 1. The fraction of sp³-hybridized carbons (Fsp3) is 0.150. The molecule has 0 aliphatic carbocycles. The van der Waals surface area contributed by atoms with E-state index in [0.717, 1.165) is 11.3 Å². The maximum Gasteiger partial charge on any atom is 0.209 e. The molecule has 0 saturated heterocycles. The second-order valence-corrected chi connectivity index (χ2v) is 6.03. The average molecular weight is 322 g/mol. The van der Waals surface area contributed by atoms with E-state index in [4.69, 9.17) is 5.73 Å². The van der Waals surface area contributed by atoms with Crippen molar-refractivity contribution in [1.29, 1.82) is 0 Å². The van der Waals surface area contributed by atoms with Crippen LogP contribution in [-0.2, 0) is 0 Å². The van der Waals surface area contributed by atoms with E-state index >= 15 is 0 Å². The van der Waals surface area contributed by atoms with Crippen LogP contribution in [-0.4, -0.2) is 10.8 Å². The number of rotatable bonds is 4. The number of nitrogens with one attached hydrogen (secondary N) is 1. The first-order valence-corrected chi connectivity index (χ1v) is 7.81. The molecule has 0 radical (unpaired) electrons. The molecule has 3 nitrogen and oxygen atoms in total.